The van der Waals surface area contributed by atoms with Crippen LogP contribution in [0.2, 0.25) is 5.02 Å². The van der Waals surface area contributed by atoms with Crippen LogP contribution >= 0.6 is 11.6 Å². The molecule has 1 saturated heterocycles. The van der Waals surface area contributed by atoms with Crippen molar-refractivity contribution in [1.82, 2.24) is 10.2 Å². The Balaban J connectivity index is 2.01. The number of likely N-dealkylation sites (N-methyl/N-ethyl adjacent to an activating group) is 1. The van der Waals surface area contributed by atoms with E-state index in [-0.39, 0.29) is 5.91 Å². The normalized spacial score (nSPS) is 19.2. The van der Waals surface area contributed by atoms with Crippen molar-refractivity contribution >= 4 is 17.5 Å². The molecule has 4 heteroatoms. The number of rotatable bonds is 3. The zero-order chi connectivity index (χ0) is 13.8. The van der Waals surface area contributed by atoms with E-state index in [2.05, 4.69) is 5.32 Å². The summed E-state index contributed by atoms with van der Waals surface area (Å²) < 4.78 is 0. The van der Waals surface area contributed by atoms with Crippen LogP contribution in [0.25, 0.3) is 0 Å². The molecule has 1 aromatic rings. The van der Waals surface area contributed by atoms with Gasteiger partial charge in [0.05, 0.1) is 10.6 Å². The number of nitrogens with one attached hydrogen (secondary N) is 1. The number of hydrogen-bond acceptors (Lipinski definition) is 2. The molecule has 1 heterocycles. The van der Waals surface area contributed by atoms with Gasteiger partial charge in [0.15, 0.2) is 0 Å². The second-order valence-electron chi connectivity index (χ2n) is 5.32. The zero-order valence-electron chi connectivity index (χ0n) is 11.6. The fraction of sp³-hybridized carbons (Fsp3) is 0.533. The second kappa shape index (κ2) is 6.40. The first-order valence-corrected chi connectivity index (χ1v) is 7.20. The van der Waals surface area contributed by atoms with E-state index < -0.39 is 0 Å². The molecule has 1 unspecified atom stereocenters. The molecule has 2 rings (SSSR count). The van der Waals surface area contributed by atoms with E-state index in [4.69, 9.17) is 11.6 Å². The van der Waals surface area contributed by atoms with Crippen molar-refractivity contribution in [3.63, 3.8) is 0 Å². The molecular formula is C15H21ClN2O. The first-order chi connectivity index (χ1) is 9.08. The molecule has 0 aliphatic carbocycles. The van der Waals surface area contributed by atoms with Crippen molar-refractivity contribution in [2.45, 2.75) is 32.2 Å². The summed E-state index contributed by atoms with van der Waals surface area (Å²) in [6.07, 6.45) is 3.61. The molecule has 19 heavy (non-hydrogen) atoms. The third-order valence-corrected chi connectivity index (χ3v) is 3.92. The second-order valence-corrected chi connectivity index (χ2v) is 5.72. The molecule has 104 valence electrons. The molecule has 1 amide bonds. The van der Waals surface area contributed by atoms with Crippen LogP contribution in [-0.2, 0) is 0 Å². The lowest BCUT2D eigenvalue weighted by Crippen LogP contribution is -2.44. The highest BCUT2D eigenvalue weighted by Crippen LogP contribution is 2.19. The number of halogens is 1. The lowest BCUT2D eigenvalue weighted by atomic mass is 10.0. The van der Waals surface area contributed by atoms with Gasteiger partial charge in [-0.15, -0.1) is 0 Å². The quantitative estimate of drug-likeness (QED) is 0.923. The van der Waals surface area contributed by atoms with Gasteiger partial charge < -0.3 is 10.2 Å². The summed E-state index contributed by atoms with van der Waals surface area (Å²) in [7, 11) is 1.84. The molecule has 1 aliphatic heterocycles. The van der Waals surface area contributed by atoms with Crippen molar-refractivity contribution in [2.24, 2.45) is 0 Å². The van der Waals surface area contributed by atoms with Crippen LogP contribution in [-0.4, -0.2) is 37.0 Å². The highest BCUT2D eigenvalue weighted by atomic mass is 35.5. The van der Waals surface area contributed by atoms with Gasteiger partial charge in [0.1, 0.15) is 0 Å². The topological polar surface area (TPSA) is 32.3 Å². The Morgan fingerprint density at radius 2 is 2.26 bits per heavy atom. The fourth-order valence-electron chi connectivity index (χ4n) is 2.49. The number of piperidine rings is 1. The maximum absolute atomic E-state index is 12.4. The van der Waals surface area contributed by atoms with Gasteiger partial charge in [0.2, 0.25) is 0 Å². The fourth-order valence-corrected chi connectivity index (χ4v) is 2.81. The Hall–Kier alpha value is -1.06. The number of carbonyl (C=O) groups excluding carboxylic acids is 1. The Morgan fingerprint density at radius 3 is 2.89 bits per heavy atom. The lowest BCUT2D eigenvalue weighted by molar-refractivity contribution is 0.0775. The molecule has 3 nitrogen and oxygen atoms in total. The highest BCUT2D eigenvalue weighted by Gasteiger charge is 2.20. The van der Waals surface area contributed by atoms with Crippen molar-refractivity contribution in [1.29, 1.82) is 0 Å². The smallest absolute Gasteiger partial charge is 0.255 e. The number of aryl methyl sites for hydroxylation is 1. The van der Waals surface area contributed by atoms with E-state index in [1.54, 1.807) is 4.90 Å². The van der Waals surface area contributed by atoms with Gasteiger partial charge in [0.25, 0.3) is 5.91 Å². The Morgan fingerprint density at radius 1 is 1.47 bits per heavy atom. The number of benzene rings is 1. The lowest BCUT2D eigenvalue weighted by Gasteiger charge is -2.28. The third-order valence-electron chi connectivity index (χ3n) is 3.61. The van der Waals surface area contributed by atoms with E-state index in [0.717, 1.165) is 25.1 Å². The van der Waals surface area contributed by atoms with E-state index in [1.807, 2.05) is 32.2 Å². The molecule has 0 spiro atoms. The summed E-state index contributed by atoms with van der Waals surface area (Å²) in [4.78, 5) is 14.1. The van der Waals surface area contributed by atoms with Gasteiger partial charge in [-0.05, 0) is 44.0 Å². The van der Waals surface area contributed by atoms with Crippen LogP contribution in [0.3, 0.4) is 0 Å². The van der Waals surface area contributed by atoms with Crippen molar-refractivity contribution in [3.05, 3.63) is 34.3 Å². The van der Waals surface area contributed by atoms with Crippen LogP contribution < -0.4 is 5.32 Å². The van der Waals surface area contributed by atoms with Gasteiger partial charge in [-0.2, -0.15) is 0 Å². The van der Waals surface area contributed by atoms with E-state index in [9.17, 15) is 4.79 Å². The van der Waals surface area contributed by atoms with Crippen LogP contribution in [0.4, 0.5) is 0 Å². The molecule has 1 aliphatic rings. The number of amides is 1. The Labute approximate surface area is 119 Å². The van der Waals surface area contributed by atoms with Crippen LogP contribution in [0.15, 0.2) is 18.2 Å². The molecule has 0 radical (unpaired) electrons. The molecule has 1 fully saturated rings. The maximum Gasteiger partial charge on any atom is 0.255 e. The van der Waals surface area contributed by atoms with Crippen molar-refractivity contribution < 1.29 is 4.79 Å². The van der Waals surface area contributed by atoms with E-state index in [1.165, 1.54) is 12.8 Å². The average Bonchev–Trinajstić information content (AvgIpc) is 2.39. The summed E-state index contributed by atoms with van der Waals surface area (Å²) in [6.45, 7) is 3.76. The molecule has 1 atom stereocenters. The number of carbonyl (C=O) groups is 1. The van der Waals surface area contributed by atoms with Crippen LogP contribution in [0, 0.1) is 6.92 Å². The van der Waals surface area contributed by atoms with E-state index in [0.29, 0.717) is 16.6 Å². The van der Waals surface area contributed by atoms with Gasteiger partial charge >= 0.3 is 0 Å². The predicted molar refractivity (Wildman–Crippen MR) is 78.8 cm³/mol. The van der Waals surface area contributed by atoms with Crippen LogP contribution in [0.1, 0.15) is 35.2 Å². The summed E-state index contributed by atoms with van der Waals surface area (Å²) >= 11 is 6.15. The van der Waals surface area contributed by atoms with Crippen molar-refractivity contribution in [2.75, 3.05) is 20.1 Å². The monoisotopic (exact) mass is 280 g/mol. The molecular weight excluding hydrogens is 260 g/mol. The molecule has 0 bridgehead atoms. The predicted octanol–water partition coefficient (Wildman–Crippen LogP) is 2.86. The molecule has 0 aromatic heterocycles. The minimum Gasteiger partial charge on any atom is -0.340 e. The summed E-state index contributed by atoms with van der Waals surface area (Å²) in [5.74, 6) is -0.00243. The zero-order valence-corrected chi connectivity index (χ0v) is 12.3. The minimum atomic E-state index is -0.00243. The SMILES string of the molecule is Cc1ccc(C(=O)N(C)CC2CCCCN2)c(Cl)c1. The molecule has 1 N–H and O–H groups in total. The first-order valence-electron chi connectivity index (χ1n) is 6.83. The number of hydrogen-bond donors (Lipinski definition) is 1. The van der Waals surface area contributed by atoms with Crippen LogP contribution in [0.5, 0.6) is 0 Å². The largest absolute Gasteiger partial charge is 0.340 e. The minimum absolute atomic E-state index is 0.00243. The number of nitrogens with zero attached hydrogens (tertiary/aromatic N) is 1. The summed E-state index contributed by atoms with van der Waals surface area (Å²) in [5.41, 5.74) is 1.66. The van der Waals surface area contributed by atoms with Gasteiger partial charge in [-0.3, -0.25) is 4.79 Å². The van der Waals surface area contributed by atoms with Gasteiger partial charge in [-0.25, -0.2) is 0 Å². The standard InChI is InChI=1S/C15H21ClN2O/c1-11-6-7-13(14(16)9-11)15(19)18(2)10-12-5-3-4-8-17-12/h6-7,9,12,17H,3-5,8,10H2,1-2H3. The molecule has 0 saturated carbocycles. The average molecular weight is 281 g/mol. The van der Waals surface area contributed by atoms with Gasteiger partial charge in [-0.1, -0.05) is 24.1 Å². The van der Waals surface area contributed by atoms with Gasteiger partial charge in [0, 0.05) is 19.6 Å². The summed E-state index contributed by atoms with van der Waals surface area (Å²) in [5, 5.41) is 3.99. The maximum atomic E-state index is 12.4. The summed E-state index contributed by atoms with van der Waals surface area (Å²) in [6, 6.07) is 5.98. The Kier molecular flexibility index (Phi) is 4.83. The van der Waals surface area contributed by atoms with Crippen molar-refractivity contribution in [3.8, 4) is 0 Å². The third kappa shape index (κ3) is 3.71. The van der Waals surface area contributed by atoms with E-state index >= 15 is 0 Å². The molecule has 1 aromatic carbocycles. The first kappa shape index (κ1) is 14.4. The Bertz CT molecular complexity index is 455. The highest BCUT2D eigenvalue weighted by molar-refractivity contribution is 6.33.